The van der Waals surface area contributed by atoms with Crippen LogP contribution in [-0.2, 0) is 9.59 Å². The molecular weight excluding hydrogens is 362 g/mol. The number of rotatable bonds is 6. The second kappa shape index (κ2) is 8.08. The summed E-state index contributed by atoms with van der Waals surface area (Å²) in [4.78, 5) is 38.7. The molecule has 8 heteroatoms. The molecule has 0 unspecified atom stereocenters. The first-order valence-corrected chi connectivity index (χ1v) is 9.58. The van der Waals surface area contributed by atoms with E-state index in [1.165, 1.54) is 14.2 Å². The Labute approximate surface area is 164 Å². The topological polar surface area (TPSA) is 97.0 Å². The van der Waals surface area contributed by atoms with Crippen LogP contribution in [0.4, 0.5) is 10.5 Å². The van der Waals surface area contributed by atoms with Crippen molar-refractivity contribution in [2.24, 2.45) is 5.92 Å². The largest absolute Gasteiger partial charge is 0.493 e. The van der Waals surface area contributed by atoms with Gasteiger partial charge in [-0.1, -0.05) is 13.3 Å². The van der Waals surface area contributed by atoms with Crippen LogP contribution >= 0.6 is 0 Å². The van der Waals surface area contributed by atoms with Crippen LogP contribution in [0.25, 0.3) is 0 Å². The van der Waals surface area contributed by atoms with E-state index < -0.39 is 17.5 Å². The molecule has 28 heavy (non-hydrogen) atoms. The van der Waals surface area contributed by atoms with Crippen LogP contribution < -0.4 is 20.1 Å². The molecule has 0 bridgehead atoms. The molecule has 1 aromatic rings. The van der Waals surface area contributed by atoms with E-state index in [9.17, 15) is 14.4 Å². The van der Waals surface area contributed by atoms with Crippen LogP contribution in [0.15, 0.2) is 18.2 Å². The number of carbonyl (C=O) groups is 3. The Balaban J connectivity index is 1.64. The third-order valence-corrected chi connectivity index (χ3v) is 5.75. The zero-order valence-electron chi connectivity index (χ0n) is 16.5. The van der Waals surface area contributed by atoms with Gasteiger partial charge in [0.15, 0.2) is 11.5 Å². The number of anilines is 1. The number of hydrogen-bond acceptors (Lipinski definition) is 5. The summed E-state index contributed by atoms with van der Waals surface area (Å²) in [5, 5.41) is 5.53. The van der Waals surface area contributed by atoms with Crippen molar-refractivity contribution in [3.63, 3.8) is 0 Å². The summed E-state index contributed by atoms with van der Waals surface area (Å²) in [5.74, 6) is 0.864. The number of amides is 4. The second-order valence-corrected chi connectivity index (χ2v) is 7.37. The first-order valence-electron chi connectivity index (χ1n) is 9.58. The van der Waals surface area contributed by atoms with Crippen molar-refractivity contribution in [2.45, 2.75) is 44.6 Å². The quantitative estimate of drug-likeness (QED) is 0.729. The van der Waals surface area contributed by atoms with Gasteiger partial charge in [0.1, 0.15) is 12.1 Å². The molecule has 8 nitrogen and oxygen atoms in total. The van der Waals surface area contributed by atoms with Gasteiger partial charge in [0.05, 0.1) is 14.2 Å². The minimum Gasteiger partial charge on any atom is -0.493 e. The van der Waals surface area contributed by atoms with E-state index in [1.54, 1.807) is 18.2 Å². The Kier molecular flexibility index (Phi) is 5.76. The molecular formula is C20H27N3O5. The van der Waals surface area contributed by atoms with Gasteiger partial charge >= 0.3 is 6.03 Å². The molecule has 1 aromatic carbocycles. The number of imide groups is 1. The van der Waals surface area contributed by atoms with Gasteiger partial charge in [0, 0.05) is 11.8 Å². The summed E-state index contributed by atoms with van der Waals surface area (Å²) in [6, 6.07) is 4.46. The van der Waals surface area contributed by atoms with Crippen LogP contribution in [0.5, 0.6) is 11.5 Å². The zero-order chi connectivity index (χ0) is 20.3. The average Bonchev–Trinajstić information content (AvgIpc) is 2.92. The predicted octanol–water partition coefficient (Wildman–Crippen LogP) is 2.53. The molecule has 3 rings (SSSR count). The van der Waals surface area contributed by atoms with Gasteiger partial charge in [-0.2, -0.15) is 0 Å². The molecule has 1 saturated carbocycles. The van der Waals surface area contributed by atoms with Gasteiger partial charge in [-0.15, -0.1) is 0 Å². The fraction of sp³-hybridized carbons (Fsp3) is 0.550. The number of carbonyl (C=O) groups excluding carboxylic acids is 3. The fourth-order valence-corrected chi connectivity index (χ4v) is 4.00. The number of hydrogen-bond donors (Lipinski definition) is 2. The molecule has 2 N–H and O–H groups in total. The van der Waals surface area contributed by atoms with Crippen LogP contribution in [0.2, 0.25) is 0 Å². The Morgan fingerprint density at radius 2 is 1.89 bits per heavy atom. The lowest BCUT2D eigenvalue weighted by atomic mass is 9.75. The van der Waals surface area contributed by atoms with Gasteiger partial charge in [-0.3, -0.25) is 14.5 Å². The normalized spacial score (nSPS) is 24.2. The van der Waals surface area contributed by atoms with Crippen molar-refractivity contribution in [1.29, 1.82) is 0 Å². The van der Waals surface area contributed by atoms with E-state index in [-0.39, 0.29) is 12.5 Å². The maximum atomic E-state index is 12.9. The third kappa shape index (κ3) is 3.76. The molecule has 0 radical (unpaired) electrons. The summed E-state index contributed by atoms with van der Waals surface area (Å²) in [6.07, 6.45) is 4.16. The van der Waals surface area contributed by atoms with Gasteiger partial charge in [-0.25, -0.2) is 4.79 Å². The highest BCUT2D eigenvalue weighted by atomic mass is 16.5. The Morgan fingerprint density at radius 1 is 1.21 bits per heavy atom. The highest BCUT2D eigenvalue weighted by molar-refractivity contribution is 6.10. The van der Waals surface area contributed by atoms with Crippen LogP contribution in [0.1, 0.15) is 39.0 Å². The molecule has 0 aromatic heterocycles. The van der Waals surface area contributed by atoms with Crippen LogP contribution in [0, 0.1) is 5.92 Å². The van der Waals surface area contributed by atoms with Crippen molar-refractivity contribution in [3.8, 4) is 11.5 Å². The Bertz CT molecular complexity index is 771. The SMILES string of the molecule is CCC1CCC2(CC1)NC(=O)N(CC(=O)Nc1ccc(OC)c(OC)c1)C2=O. The lowest BCUT2D eigenvalue weighted by Gasteiger charge is -2.34. The van der Waals surface area contributed by atoms with E-state index >= 15 is 0 Å². The molecule has 1 aliphatic carbocycles. The summed E-state index contributed by atoms with van der Waals surface area (Å²) in [5.41, 5.74) is -0.348. The van der Waals surface area contributed by atoms with E-state index in [1.807, 2.05) is 0 Å². The van der Waals surface area contributed by atoms with Crippen LogP contribution in [-0.4, -0.2) is 49.0 Å². The number of ether oxygens (including phenoxy) is 2. The molecule has 1 heterocycles. The van der Waals surface area contributed by atoms with Crippen molar-refractivity contribution in [2.75, 3.05) is 26.1 Å². The highest BCUT2D eigenvalue weighted by Gasteiger charge is 2.52. The highest BCUT2D eigenvalue weighted by Crippen LogP contribution is 2.37. The maximum Gasteiger partial charge on any atom is 0.325 e. The first-order chi connectivity index (χ1) is 13.4. The Morgan fingerprint density at radius 3 is 2.50 bits per heavy atom. The molecule has 1 spiro atoms. The zero-order valence-corrected chi connectivity index (χ0v) is 16.5. The summed E-state index contributed by atoms with van der Waals surface area (Å²) >= 11 is 0. The smallest absolute Gasteiger partial charge is 0.325 e. The van der Waals surface area contributed by atoms with E-state index in [0.717, 1.165) is 24.2 Å². The number of nitrogens with one attached hydrogen (secondary N) is 2. The predicted molar refractivity (Wildman–Crippen MR) is 103 cm³/mol. The molecule has 2 fully saturated rings. The summed E-state index contributed by atoms with van der Waals surface area (Å²) in [6.45, 7) is 1.82. The van der Waals surface area contributed by atoms with Crippen LogP contribution in [0.3, 0.4) is 0 Å². The molecule has 152 valence electrons. The first kappa shape index (κ1) is 20.0. The number of nitrogens with zero attached hydrogens (tertiary/aromatic N) is 1. The number of methoxy groups -OCH3 is 2. The third-order valence-electron chi connectivity index (χ3n) is 5.75. The van der Waals surface area contributed by atoms with Crippen molar-refractivity contribution >= 4 is 23.5 Å². The fourth-order valence-electron chi connectivity index (χ4n) is 4.00. The van der Waals surface area contributed by atoms with Crippen molar-refractivity contribution < 1.29 is 23.9 Å². The minimum atomic E-state index is -0.841. The number of urea groups is 1. The van der Waals surface area contributed by atoms with Gasteiger partial charge in [0.25, 0.3) is 5.91 Å². The molecule has 1 aliphatic heterocycles. The summed E-state index contributed by atoms with van der Waals surface area (Å²) in [7, 11) is 3.03. The van der Waals surface area contributed by atoms with Crippen molar-refractivity contribution in [1.82, 2.24) is 10.2 Å². The van der Waals surface area contributed by atoms with E-state index in [4.69, 9.17) is 9.47 Å². The van der Waals surface area contributed by atoms with Gasteiger partial charge in [-0.05, 0) is 43.7 Å². The second-order valence-electron chi connectivity index (χ2n) is 7.37. The lowest BCUT2D eigenvalue weighted by molar-refractivity contribution is -0.135. The number of benzene rings is 1. The Hall–Kier alpha value is -2.77. The van der Waals surface area contributed by atoms with Crippen molar-refractivity contribution in [3.05, 3.63) is 18.2 Å². The summed E-state index contributed by atoms with van der Waals surface area (Å²) < 4.78 is 10.4. The molecule has 0 atom stereocenters. The lowest BCUT2D eigenvalue weighted by Crippen LogP contribution is -2.49. The van der Waals surface area contributed by atoms with Gasteiger partial charge in [0.2, 0.25) is 5.91 Å². The standard InChI is InChI=1S/C20H27N3O5/c1-4-13-7-9-20(10-8-13)18(25)23(19(26)22-20)12-17(24)21-14-5-6-15(27-2)16(11-14)28-3/h5-6,11,13H,4,7-10,12H2,1-3H3,(H,21,24)(H,22,26). The van der Waals surface area contributed by atoms with E-state index in [2.05, 4.69) is 17.6 Å². The van der Waals surface area contributed by atoms with E-state index in [0.29, 0.717) is 35.9 Å². The molecule has 2 aliphatic rings. The molecule has 1 saturated heterocycles. The average molecular weight is 389 g/mol. The molecule has 4 amide bonds. The minimum absolute atomic E-state index is 0.297. The maximum absolute atomic E-state index is 12.9. The van der Waals surface area contributed by atoms with Gasteiger partial charge < -0.3 is 20.1 Å². The monoisotopic (exact) mass is 389 g/mol.